The van der Waals surface area contributed by atoms with E-state index >= 15 is 0 Å². The molecule has 0 bridgehead atoms. The van der Waals surface area contributed by atoms with Crippen LogP contribution in [0.4, 0.5) is 5.69 Å². The van der Waals surface area contributed by atoms with Gasteiger partial charge in [-0.1, -0.05) is 17.7 Å². The molecule has 4 nitrogen and oxygen atoms in total. The smallest absolute Gasteiger partial charge is 0.220 e. The van der Waals surface area contributed by atoms with E-state index in [1.807, 2.05) is 24.3 Å². The summed E-state index contributed by atoms with van der Waals surface area (Å²) in [5.41, 5.74) is 1.11. The molecule has 110 valence electrons. The molecule has 0 saturated carbocycles. The fourth-order valence-electron chi connectivity index (χ4n) is 2.48. The number of nitrogens with one attached hydrogen (secondary N) is 1. The van der Waals surface area contributed by atoms with Crippen LogP contribution in [0.15, 0.2) is 24.3 Å². The molecule has 1 amide bonds. The molecule has 1 heterocycles. The fourth-order valence-corrected chi connectivity index (χ4v) is 2.67. The maximum atomic E-state index is 11.7. The summed E-state index contributed by atoms with van der Waals surface area (Å²) in [6, 6.07) is 8.00. The summed E-state index contributed by atoms with van der Waals surface area (Å²) in [6.07, 6.45) is 2.88. The summed E-state index contributed by atoms with van der Waals surface area (Å²) in [7, 11) is 0. The number of carbonyl (C=O) groups is 1. The van der Waals surface area contributed by atoms with Crippen molar-refractivity contribution in [2.45, 2.75) is 31.7 Å². The van der Waals surface area contributed by atoms with E-state index in [9.17, 15) is 4.79 Å². The number of carbonyl (C=O) groups excluding carboxylic acids is 1. The highest BCUT2D eigenvalue weighted by atomic mass is 35.5. The van der Waals surface area contributed by atoms with Crippen LogP contribution in [0, 0.1) is 0 Å². The van der Waals surface area contributed by atoms with Gasteiger partial charge in [0.15, 0.2) is 0 Å². The monoisotopic (exact) mass is 296 g/mol. The summed E-state index contributed by atoms with van der Waals surface area (Å²) in [6.45, 7) is 1.91. The van der Waals surface area contributed by atoms with Crippen molar-refractivity contribution in [2.24, 2.45) is 0 Å². The van der Waals surface area contributed by atoms with Gasteiger partial charge >= 0.3 is 0 Å². The van der Waals surface area contributed by atoms with E-state index in [1.54, 1.807) is 0 Å². The lowest BCUT2D eigenvalue weighted by atomic mass is 10.2. The molecule has 1 saturated heterocycles. The normalized spacial score (nSPS) is 18.3. The molecule has 0 spiro atoms. The van der Waals surface area contributed by atoms with Gasteiger partial charge in [-0.15, -0.1) is 0 Å². The van der Waals surface area contributed by atoms with Gasteiger partial charge in [-0.3, -0.25) is 4.79 Å². The van der Waals surface area contributed by atoms with Gasteiger partial charge < -0.3 is 15.3 Å². The Morgan fingerprint density at radius 1 is 1.45 bits per heavy atom. The van der Waals surface area contributed by atoms with Crippen LogP contribution in [0.3, 0.4) is 0 Å². The molecule has 1 aliphatic heterocycles. The van der Waals surface area contributed by atoms with Gasteiger partial charge in [0.1, 0.15) is 0 Å². The highest BCUT2D eigenvalue weighted by Gasteiger charge is 2.23. The Bertz CT molecular complexity index is 453. The number of hydrogen-bond donors (Lipinski definition) is 2. The van der Waals surface area contributed by atoms with Crippen molar-refractivity contribution in [3.8, 4) is 0 Å². The molecule has 1 aromatic carbocycles. The molecule has 2 rings (SSSR count). The first kappa shape index (κ1) is 15.1. The number of unbranched alkanes of at least 4 members (excludes halogenated alkanes) is 1. The molecule has 0 radical (unpaired) electrons. The molecular formula is C15H21ClN2O2. The molecule has 1 fully saturated rings. The van der Waals surface area contributed by atoms with Crippen LogP contribution in [0.5, 0.6) is 0 Å². The molecule has 1 atom stereocenters. The van der Waals surface area contributed by atoms with Crippen molar-refractivity contribution in [1.29, 1.82) is 0 Å². The SMILES string of the molecule is O=C(CCCCO)NC1CCN(c2cccc(Cl)c2)C1. The van der Waals surface area contributed by atoms with Gasteiger partial charge in [-0.25, -0.2) is 0 Å². The average Bonchev–Trinajstić information content (AvgIpc) is 2.87. The molecule has 5 heteroatoms. The van der Waals surface area contributed by atoms with Crippen molar-refractivity contribution in [3.63, 3.8) is 0 Å². The van der Waals surface area contributed by atoms with Crippen LogP contribution >= 0.6 is 11.6 Å². The highest BCUT2D eigenvalue weighted by molar-refractivity contribution is 6.30. The third-order valence-electron chi connectivity index (χ3n) is 3.54. The van der Waals surface area contributed by atoms with Crippen molar-refractivity contribution in [1.82, 2.24) is 5.32 Å². The average molecular weight is 297 g/mol. The van der Waals surface area contributed by atoms with E-state index in [-0.39, 0.29) is 18.6 Å². The molecule has 1 aromatic rings. The van der Waals surface area contributed by atoms with E-state index in [0.717, 1.165) is 36.6 Å². The first-order chi connectivity index (χ1) is 9.69. The second kappa shape index (κ2) is 7.50. The second-order valence-electron chi connectivity index (χ2n) is 5.16. The number of halogens is 1. The largest absolute Gasteiger partial charge is 0.396 e. The molecule has 1 unspecified atom stereocenters. The van der Waals surface area contributed by atoms with Crippen molar-refractivity contribution >= 4 is 23.2 Å². The second-order valence-corrected chi connectivity index (χ2v) is 5.60. The minimum absolute atomic E-state index is 0.0800. The lowest BCUT2D eigenvalue weighted by molar-refractivity contribution is -0.121. The van der Waals surface area contributed by atoms with Crippen molar-refractivity contribution < 1.29 is 9.90 Å². The van der Waals surface area contributed by atoms with E-state index < -0.39 is 0 Å². The van der Waals surface area contributed by atoms with Gasteiger partial charge in [0, 0.05) is 42.9 Å². The summed E-state index contributed by atoms with van der Waals surface area (Å²) in [5.74, 6) is 0.0800. The van der Waals surface area contributed by atoms with Gasteiger partial charge in [0.25, 0.3) is 0 Å². The van der Waals surface area contributed by atoms with E-state index in [4.69, 9.17) is 16.7 Å². The third kappa shape index (κ3) is 4.39. The molecule has 2 N–H and O–H groups in total. The maximum Gasteiger partial charge on any atom is 0.220 e. The molecule has 1 aliphatic rings. The van der Waals surface area contributed by atoms with Crippen molar-refractivity contribution in [3.05, 3.63) is 29.3 Å². The number of anilines is 1. The van der Waals surface area contributed by atoms with Gasteiger partial charge in [-0.05, 0) is 37.5 Å². The predicted octanol–water partition coefficient (Wildman–Crippen LogP) is 2.20. The molecule has 0 aromatic heterocycles. The number of nitrogens with zero attached hydrogens (tertiary/aromatic N) is 1. The van der Waals surface area contributed by atoms with Crippen LogP contribution in [-0.4, -0.2) is 36.8 Å². The minimum Gasteiger partial charge on any atom is -0.396 e. The topological polar surface area (TPSA) is 52.6 Å². The summed E-state index contributed by atoms with van der Waals surface area (Å²) >= 11 is 6.00. The predicted molar refractivity (Wildman–Crippen MR) is 81.1 cm³/mol. The van der Waals surface area contributed by atoms with E-state index in [0.29, 0.717) is 12.8 Å². The lowest BCUT2D eigenvalue weighted by Crippen LogP contribution is -2.37. The van der Waals surface area contributed by atoms with Crippen LogP contribution in [0.25, 0.3) is 0 Å². The standard InChI is InChI=1S/C15H21ClN2O2/c16-12-4-3-5-14(10-12)18-8-7-13(11-18)17-15(20)6-1-2-9-19/h3-5,10,13,19H,1-2,6-9,11H2,(H,17,20). The van der Waals surface area contributed by atoms with Gasteiger partial charge in [0.2, 0.25) is 5.91 Å². The lowest BCUT2D eigenvalue weighted by Gasteiger charge is -2.19. The molecular weight excluding hydrogens is 276 g/mol. The zero-order chi connectivity index (χ0) is 14.4. The zero-order valence-corrected chi connectivity index (χ0v) is 12.3. The number of hydrogen-bond acceptors (Lipinski definition) is 3. The highest BCUT2D eigenvalue weighted by Crippen LogP contribution is 2.23. The van der Waals surface area contributed by atoms with E-state index in [2.05, 4.69) is 10.2 Å². The Labute approximate surface area is 124 Å². The summed E-state index contributed by atoms with van der Waals surface area (Å²) in [5, 5.41) is 12.5. The fraction of sp³-hybridized carbons (Fsp3) is 0.533. The van der Waals surface area contributed by atoms with Crippen LogP contribution in [-0.2, 0) is 4.79 Å². The number of amides is 1. The number of aliphatic hydroxyl groups is 1. The Balaban J connectivity index is 1.79. The van der Waals surface area contributed by atoms with Gasteiger partial charge in [0.05, 0.1) is 0 Å². The van der Waals surface area contributed by atoms with Crippen molar-refractivity contribution in [2.75, 3.05) is 24.6 Å². The first-order valence-electron chi connectivity index (χ1n) is 7.10. The minimum atomic E-state index is 0.0800. The molecule has 20 heavy (non-hydrogen) atoms. The quantitative estimate of drug-likeness (QED) is 0.791. The Hall–Kier alpha value is -1.26. The van der Waals surface area contributed by atoms with Crippen LogP contribution < -0.4 is 10.2 Å². The zero-order valence-electron chi connectivity index (χ0n) is 11.5. The maximum absolute atomic E-state index is 11.7. The number of benzene rings is 1. The molecule has 0 aliphatic carbocycles. The summed E-state index contributed by atoms with van der Waals surface area (Å²) in [4.78, 5) is 14.0. The van der Waals surface area contributed by atoms with Crippen LogP contribution in [0.2, 0.25) is 5.02 Å². The van der Waals surface area contributed by atoms with Gasteiger partial charge in [-0.2, -0.15) is 0 Å². The number of aliphatic hydroxyl groups excluding tert-OH is 1. The first-order valence-corrected chi connectivity index (χ1v) is 7.47. The van der Waals surface area contributed by atoms with Crippen LogP contribution in [0.1, 0.15) is 25.7 Å². The van der Waals surface area contributed by atoms with E-state index in [1.165, 1.54) is 0 Å². The Kier molecular flexibility index (Phi) is 5.68. The Morgan fingerprint density at radius 2 is 2.30 bits per heavy atom. The summed E-state index contributed by atoms with van der Waals surface area (Å²) < 4.78 is 0. The third-order valence-corrected chi connectivity index (χ3v) is 3.77. The Morgan fingerprint density at radius 3 is 3.05 bits per heavy atom. The number of rotatable bonds is 6.